The Kier molecular flexibility index (Phi) is 5.57. The summed E-state index contributed by atoms with van der Waals surface area (Å²) in [5, 5.41) is 4.28. The summed E-state index contributed by atoms with van der Waals surface area (Å²) in [6, 6.07) is 0.393. The van der Waals surface area contributed by atoms with E-state index in [1.807, 2.05) is 13.4 Å². The van der Waals surface area contributed by atoms with E-state index in [0.717, 1.165) is 17.5 Å². The minimum atomic E-state index is 0.393. The normalized spacial score (nSPS) is 19.0. The van der Waals surface area contributed by atoms with Crippen LogP contribution in [0.5, 0.6) is 0 Å². The zero-order valence-electron chi connectivity index (χ0n) is 11.6. The van der Waals surface area contributed by atoms with Crippen molar-refractivity contribution in [1.82, 2.24) is 14.9 Å². The van der Waals surface area contributed by atoms with E-state index in [0.29, 0.717) is 6.04 Å². The Bertz CT molecular complexity index is 345. The molecule has 0 aliphatic heterocycles. The van der Waals surface area contributed by atoms with Gasteiger partial charge in [-0.3, -0.25) is 0 Å². The first-order valence-corrected chi connectivity index (χ1v) is 8.19. The van der Waals surface area contributed by atoms with Gasteiger partial charge in [0.15, 0.2) is 0 Å². The molecule has 0 radical (unpaired) electrons. The van der Waals surface area contributed by atoms with E-state index < -0.39 is 0 Å². The van der Waals surface area contributed by atoms with Gasteiger partial charge in [-0.2, -0.15) is 11.8 Å². The first kappa shape index (κ1) is 13.9. The largest absolute Gasteiger partial charge is 0.337 e. The van der Waals surface area contributed by atoms with Gasteiger partial charge in [0.2, 0.25) is 0 Å². The van der Waals surface area contributed by atoms with E-state index in [1.54, 1.807) is 0 Å². The molecule has 2 rings (SSSR count). The molecule has 0 spiro atoms. The second kappa shape index (κ2) is 7.19. The van der Waals surface area contributed by atoms with Crippen LogP contribution in [0.15, 0.2) is 12.5 Å². The number of nitrogens with zero attached hydrogens (tertiary/aromatic N) is 2. The first-order valence-electron chi connectivity index (χ1n) is 7.14. The molecule has 1 fully saturated rings. The Morgan fingerprint density at radius 2 is 2.22 bits per heavy atom. The van der Waals surface area contributed by atoms with Crippen molar-refractivity contribution < 1.29 is 0 Å². The number of aryl methyl sites for hydroxylation is 1. The Hall–Kier alpha value is -0.480. The van der Waals surface area contributed by atoms with Gasteiger partial charge in [-0.15, -0.1) is 0 Å². The maximum absolute atomic E-state index is 4.51. The fourth-order valence-electron chi connectivity index (χ4n) is 2.51. The summed E-state index contributed by atoms with van der Waals surface area (Å²) < 4.78 is 2.14. The number of aromatic nitrogens is 2. The zero-order valence-corrected chi connectivity index (χ0v) is 12.4. The van der Waals surface area contributed by atoms with Crippen molar-refractivity contribution in [2.45, 2.75) is 56.9 Å². The van der Waals surface area contributed by atoms with Crippen LogP contribution in [0.1, 0.15) is 50.8 Å². The third kappa shape index (κ3) is 3.75. The third-order valence-corrected chi connectivity index (χ3v) is 5.24. The molecule has 0 saturated heterocycles. The van der Waals surface area contributed by atoms with Crippen LogP contribution in [0, 0.1) is 0 Å². The van der Waals surface area contributed by atoms with Crippen LogP contribution in [0.3, 0.4) is 0 Å². The lowest BCUT2D eigenvalue weighted by Gasteiger charge is -2.23. The van der Waals surface area contributed by atoms with Crippen molar-refractivity contribution in [2.75, 3.05) is 12.8 Å². The van der Waals surface area contributed by atoms with Gasteiger partial charge in [0.25, 0.3) is 0 Å². The van der Waals surface area contributed by atoms with E-state index >= 15 is 0 Å². The minimum Gasteiger partial charge on any atom is -0.337 e. The van der Waals surface area contributed by atoms with Gasteiger partial charge in [-0.25, -0.2) is 4.98 Å². The van der Waals surface area contributed by atoms with Gasteiger partial charge in [-0.1, -0.05) is 19.3 Å². The zero-order chi connectivity index (χ0) is 12.8. The summed E-state index contributed by atoms with van der Waals surface area (Å²) in [4.78, 5) is 4.51. The third-order valence-electron chi connectivity index (χ3n) is 3.77. The summed E-state index contributed by atoms with van der Waals surface area (Å²) >= 11 is 2.13. The molecule has 18 heavy (non-hydrogen) atoms. The molecule has 0 amide bonds. The van der Waals surface area contributed by atoms with Crippen molar-refractivity contribution in [2.24, 2.45) is 0 Å². The summed E-state index contributed by atoms with van der Waals surface area (Å²) in [6.07, 6.45) is 11.2. The first-order chi connectivity index (χ1) is 8.83. The highest BCUT2D eigenvalue weighted by Gasteiger charge is 2.18. The lowest BCUT2D eigenvalue weighted by molar-refractivity contribution is 0.514. The maximum atomic E-state index is 4.51. The number of thioether (sulfide) groups is 1. The highest BCUT2D eigenvalue weighted by Crippen LogP contribution is 2.30. The van der Waals surface area contributed by atoms with Crippen LogP contribution in [-0.4, -0.2) is 27.6 Å². The molecule has 0 bridgehead atoms. The van der Waals surface area contributed by atoms with Crippen molar-refractivity contribution in [1.29, 1.82) is 0 Å². The molecule has 1 aromatic heterocycles. The summed E-state index contributed by atoms with van der Waals surface area (Å²) in [6.45, 7) is 3.15. The lowest BCUT2D eigenvalue weighted by Crippen LogP contribution is -2.21. The molecule has 3 nitrogen and oxygen atoms in total. The molecule has 1 unspecified atom stereocenters. The Morgan fingerprint density at radius 3 is 2.83 bits per heavy atom. The van der Waals surface area contributed by atoms with Gasteiger partial charge >= 0.3 is 0 Å². The monoisotopic (exact) mass is 267 g/mol. The Labute approximate surface area is 115 Å². The number of rotatable bonds is 6. The molecule has 1 N–H and O–H groups in total. The SMILES string of the molecule is CCn1cnc(C(CSC2CCCCC2)NC)c1. The van der Waals surface area contributed by atoms with E-state index in [4.69, 9.17) is 0 Å². The summed E-state index contributed by atoms with van der Waals surface area (Å²) in [7, 11) is 2.04. The van der Waals surface area contributed by atoms with Crippen LogP contribution in [0.2, 0.25) is 0 Å². The Balaban J connectivity index is 1.84. The molecular formula is C14H25N3S. The van der Waals surface area contributed by atoms with E-state index in [-0.39, 0.29) is 0 Å². The van der Waals surface area contributed by atoms with Crippen LogP contribution >= 0.6 is 11.8 Å². The van der Waals surface area contributed by atoms with E-state index in [9.17, 15) is 0 Å². The topological polar surface area (TPSA) is 29.9 Å². The lowest BCUT2D eigenvalue weighted by atomic mass is 10.0. The van der Waals surface area contributed by atoms with Gasteiger partial charge in [0.05, 0.1) is 18.1 Å². The second-order valence-corrected chi connectivity index (χ2v) is 6.40. The predicted molar refractivity (Wildman–Crippen MR) is 79.0 cm³/mol. The highest BCUT2D eigenvalue weighted by atomic mass is 32.2. The molecule has 102 valence electrons. The molecule has 4 heteroatoms. The minimum absolute atomic E-state index is 0.393. The molecule has 1 aliphatic rings. The van der Waals surface area contributed by atoms with Crippen molar-refractivity contribution >= 4 is 11.8 Å². The van der Waals surface area contributed by atoms with Crippen LogP contribution in [0.4, 0.5) is 0 Å². The molecular weight excluding hydrogens is 242 g/mol. The summed E-state index contributed by atoms with van der Waals surface area (Å²) in [5.74, 6) is 1.14. The number of hydrogen-bond acceptors (Lipinski definition) is 3. The molecule has 0 aromatic carbocycles. The standard InChI is InChI=1S/C14H25N3S/c1-3-17-9-13(16-11-17)14(15-2)10-18-12-7-5-4-6-8-12/h9,11-12,14-15H,3-8,10H2,1-2H3. The average molecular weight is 267 g/mol. The van der Waals surface area contributed by atoms with Gasteiger partial charge < -0.3 is 9.88 Å². The number of nitrogens with one attached hydrogen (secondary N) is 1. The van der Waals surface area contributed by atoms with Crippen LogP contribution in [-0.2, 0) is 6.54 Å². The van der Waals surface area contributed by atoms with Gasteiger partial charge in [-0.05, 0) is 26.8 Å². The highest BCUT2D eigenvalue weighted by molar-refractivity contribution is 7.99. The molecule has 1 saturated carbocycles. The molecule has 1 aliphatic carbocycles. The Morgan fingerprint density at radius 1 is 1.44 bits per heavy atom. The maximum Gasteiger partial charge on any atom is 0.0950 e. The van der Waals surface area contributed by atoms with Gasteiger partial charge in [0, 0.05) is 23.7 Å². The van der Waals surface area contributed by atoms with Crippen molar-refractivity contribution in [3.8, 4) is 0 Å². The van der Waals surface area contributed by atoms with E-state index in [2.05, 4.69) is 39.8 Å². The van der Waals surface area contributed by atoms with Crippen molar-refractivity contribution in [3.05, 3.63) is 18.2 Å². The number of imidazole rings is 1. The second-order valence-electron chi connectivity index (χ2n) is 5.06. The molecule has 1 atom stereocenters. The summed E-state index contributed by atoms with van der Waals surface area (Å²) in [5.41, 5.74) is 1.18. The van der Waals surface area contributed by atoms with Crippen LogP contribution < -0.4 is 5.32 Å². The number of hydrogen-bond donors (Lipinski definition) is 1. The smallest absolute Gasteiger partial charge is 0.0950 e. The van der Waals surface area contributed by atoms with E-state index in [1.165, 1.54) is 37.8 Å². The average Bonchev–Trinajstić information content (AvgIpc) is 2.89. The fraction of sp³-hybridized carbons (Fsp3) is 0.786. The molecule has 1 heterocycles. The van der Waals surface area contributed by atoms with Crippen LogP contribution in [0.25, 0.3) is 0 Å². The quantitative estimate of drug-likeness (QED) is 0.858. The molecule has 1 aromatic rings. The van der Waals surface area contributed by atoms with Gasteiger partial charge in [0.1, 0.15) is 0 Å². The van der Waals surface area contributed by atoms with Crippen molar-refractivity contribution in [3.63, 3.8) is 0 Å². The predicted octanol–water partition coefficient (Wildman–Crippen LogP) is 3.23. The fourth-order valence-corrected chi connectivity index (χ4v) is 3.98.